The smallest absolute Gasteiger partial charge is 0.114 e. The second-order valence-corrected chi connectivity index (χ2v) is 8.23. The van der Waals surface area contributed by atoms with Crippen molar-refractivity contribution in [3.05, 3.63) is 82.4 Å². The van der Waals surface area contributed by atoms with Gasteiger partial charge in [0, 0.05) is 29.2 Å². The first-order valence-corrected chi connectivity index (χ1v) is 10.5. The quantitative estimate of drug-likeness (QED) is 0.497. The molecule has 5 nitrogen and oxygen atoms in total. The molecule has 0 bridgehead atoms. The maximum Gasteiger partial charge on any atom is 0.114 e. The summed E-state index contributed by atoms with van der Waals surface area (Å²) < 4.78 is 1.89. The van der Waals surface area contributed by atoms with E-state index in [9.17, 15) is 0 Å². The average molecular weight is 396 g/mol. The molecular weight excluding hydrogens is 370 g/mol. The molecule has 0 saturated carbocycles. The molecule has 0 unspecified atom stereocenters. The lowest BCUT2D eigenvalue weighted by molar-refractivity contribution is 0.644. The van der Waals surface area contributed by atoms with Crippen LogP contribution in [-0.4, -0.2) is 25.0 Å². The number of hydrogen-bond acceptors (Lipinski definition) is 4. The van der Waals surface area contributed by atoms with Crippen LogP contribution < -0.4 is 0 Å². The fourth-order valence-corrected chi connectivity index (χ4v) is 4.25. The highest BCUT2D eigenvalue weighted by molar-refractivity contribution is 5.70. The largest absolute Gasteiger partial charge is 0.264 e. The van der Waals surface area contributed by atoms with Crippen LogP contribution in [0.4, 0.5) is 0 Å². The van der Waals surface area contributed by atoms with E-state index in [4.69, 9.17) is 4.98 Å². The zero-order valence-electron chi connectivity index (χ0n) is 17.7. The van der Waals surface area contributed by atoms with E-state index in [-0.39, 0.29) is 0 Å². The van der Waals surface area contributed by atoms with Gasteiger partial charge in [-0.15, -0.1) is 5.10 Å². The third-order valence-electron chi connectivity index (χ3n) is 6.09. The molecule has 30 heavy (non-hydrogen) atoms. The summed E-state index contributed by atoms with van der Waals surface area (Å²) in [6.07, 6.45) is 8.87. The van der Waals surface area contributed by atoms with E-state index in [1.807, 2.05) is 29.2 Å². The van der Waals surface area contributed by atoms with Crippen LogP contribution in [0.5, 0.6) is 0 Å². The molecule has 0 radical (unpaired) electrons. The van der Waals surface area contributed by atoms with E-state index in [1.54, 1.807) is 6.20 Å². The molecule has 0 spiro atoms. The molecule has 5 heteroatoms. The van der Waals surface area contributed by atoms with Gasteiger partial charge in [-0.3, -0.25) is 9.97 Å². The molecule has 1 aromatic carbocycles. The van der Waals surface area contributed by atoms with E-state index in [2.05, 4.69) is 54.3 Å². The number of aromatic nitrogens is 5. The zero-order chi connectivity index (χ0) is 20.7. The highest BCUT2D eigenvalue weighted by Crippen LogP contribution is 2.34. The van der Waals surface area contributed by atoms with Gasteiger partial charge in [-0.1, -0.05) is 11.3 Å². The summed E-state index contributed by atoms with van der Waals surface area (Å²) in [6.45, 7) is 7.15. The van der Waals surface area contributed by atoms with Gasteiger partial charge < -0.3 is 0 Å². The van der Waals surface area contributed by atoms with Crippen molar-refractivity contribution in [3.63, 3.8) is 0 Å². The van der Waals surface area contributed by atoms with Crippen LogP contribution in [0.25, 0.3) is 22.5 Å². The van der Waals surface area contributed by atoms with Crippen molar-refractivity contribution in [1.29, 1.82) is 0 Å². The van der Waals surface area contributed by atoms with E-state index in [1.165, 1.54) is 33.4 Å². The van der Waals surface area contributed by atoms with E-state index >= 15 is 0 Å². The van der Waals surface area contributed by atoms with E-state index < -0.39 is 0 Å². The molecule has 0 N–H and O–H groups in total. The molecular formula is C25H25N5. The fraction of sp³-hybridized carbons (Fsp3) is 0.280. The summed E-state index contributed by atoms with van der Waals surface area (Å²) in [7, 11) is 0. The van der Waals surface area contributed by atoms with Gasteiger partial charge in [-0.05, 0) is 92.1 Å². The predicted molar refractivity (Wildman–Crippen MR) is 118 cm³/mol. The monoisotopic (exact) mass is 395 g/mol. The topological polar surface area (TPSA) is 56.5 Å². The van der Waals surface area contributed by atoms with Gasteiger partial charge in [-0.2, -0.15) is 0 Å². The van der Waals surface area contributed by atoms with Crippen molar-refractivity contribution >= 4 is 0 Å². The minimum atomic E-state index is 0.666. The van der Waals surface area contributed by atoms with Gasteiger partial charge in [0.25, 0.3) is 0 Å². The predicted octanol–water partition coefficient (Wildman–Crippen LogP) is 4.86. The summed E-state index contributed by atoms with van der Waals surface area (Å²) >= 11 is 0. The third kappa shape index (κ3) is 3.41. The minimum absolute atomic E-state index is 0.666. The maximum atomic E-state index is 5.08. The molecule has 1 aliphatic carbocycles. The van der Waals surface area contributed by atoms with Crippen molar-refractivity contribution in [3.8, 4) is 22.5 Å². The fourth-order valence-electron chi connectivity index (χ4n) is 4.25. The highest BCUT2D eigenvalue weighted by atomic mass is 15.4. The highest BCUT2D eigenvalue weighted by Gasteiger charge is 2.19. The van der Waals surface area contributed by atoms with Crippen molar-refractivity contribution in [2.45, 2.75) is 46.6 Å². The number of hydrogen-bond donors (Lipinski definition) is 0. The molecule has 0 amide bonds. The molecule has 4 aromatic rings. The lowest BCUT2D eigenvalue weighted by atomic mass is 9.95. The standard InChI is InChI=1S/C25H25N5/c1-16-10-19-6-4-7-20-12-22(18(3)27-25(20)23(19)11-17(16)2)14-30-15-24(28-29-30)21-8-5-9-26-13-21/h5,8-13,15H,4,6-7,14H2,1-3H3. The molecule has 3 aromatic heterocycles. The third-order valence-corrected chi connectivity index (χ3v) is 6.09. The zero-order valence-corrected chi connectivity index (χ0v) is 17.7. The summed E-state index contributed by atoms with van der Waals surface area (Å²) in [6, 6.07) is 10.9. The molecule has 0 saturated heterocycles. The number of rotatable bonds is 3. The molecule has 150 valence electrons. The Labute approximate surface area is 176 Å². The SMILES string of the molecule is Cc1cc2c(cc1C)-c1nc(C)c(Cn3cc(-c4cccnc4)nn3)cc1CCC2. The van der Waals surface area contributed by atoms with Crippen molar-refractivity contribution < 1.29 is 0 Å². The molecule has 0 atom stereocenters. The van der Waals surface area contributed by atoms with Gasteiger partial charge in [0.1, 0.15) is 5.69 Å². The molecule has 3 heterocycles. The van der Waals surface area contributed by atoms with Gasteiger partial charge in [0.15, 0.2) is 0 Å². The van der Waals surface area contributed by atoms with Gasteiger partial charge in [0.05, 0.1) is 18.4 Å². The number of benzene rings is 1. The Hall–Kier alpha value is -3.34. The Morgan fingerprint density at radius 2 is 1.83 bits per heavy atom. The van der Waals surface area contributed by atoms with E-state index in [0.717, 1.165) is 41.9 Å². The van der Waals surface area contributed by atoms with Crippen LogP contribution in [0.3, 0.4) is 0 Å². The van der Waals surface area contributed by atoms with Gasteiger partial charge >= 0.3 is 0 Å². The Morgan fingerprint density at radius 3 is 2.67 bits per heavy atom. The van der Waals surface area contributed by atoms with Gasteiger partial charge in [0.2, 0.25) is 0 Å². The Bertz CT molecular complexity index is 1220. The summed E-state index contributed by atoms with van der Waals surface area (Å²) in [4.78, 5) is 9.24. The first-order valence-electron chi connectivity index (χ1n) is 10.5. The first-order chi connectivity index (χ1) is 14.6. The Kier molecular flexibility index (Phi) is 4.66. The molecule has 5 rings (SSSR count). The number of pyridine rings is 2. The maximum absolute atomic E-state index is 5.08. The second kappa shape index (κ2) is 7.48. The lowest BCUT2D eigenvalue weighted by Gasteiger charge is -2.15. The minimum Gasteiger partial charge on any atom is -0.264 e. The Morgan fingerprint density at radius 1 is 1.00 bits per heavy atom. The lowest BCUT2D eigenvalue weighted by Crippen LogP contribution is -2.06. The van der Waals surface area contributed by atoms with Crippen LogP contribution in [-0.2, 0) is 19.4 Å². The first kappa shape index (κ1) is 18.7. The van der Waals surface area contributed by atoms with Crippen LogP contribution in [0.15, 0.2) is 48.9 Å². The van der Waals surface area contributed by atoms with Crippen LogP contribution >= 0.6 is 0 Å². The van der Waals surface area contributed by atoms with Crippen LogP contribution in [0.2, 0.25) is 0 Å². The molecule has 1 aliphatic rings. The molecule has 0 fully saturated rings. The number of nitrogens with zero attached hydrogens (tertiary/aromatic N) is 5. The number of aryl methyl sites for hydroxylation is 5. The van der Waals surface area contributed by atoms with Gasteiger partial charge in [-0.25, -0.2) is 4.68 Å². The average Bonchev–Trinajstić information content (AvgIpc) is 3.15. The number of fused-ring (bicyclic) bond motifs is 3. The van der Waals surface area contributed by atoms with Crippen LogP contribution in [0.1, 0.15) is 39.9 Å². The van der Waals surface area contributed by atoms with Crippen LogP contribution in [0, 0.1) is 20.8 Å². The summed E-state index contributed by atoms with van der Waals surface area (Å²) in [5.41, 5.74) is 12.0. The van der Waals surface area contributed by atoms with E-state index in [0.29, 0.717) is 6.54 Å². The molecule has 0 aliphatic heterocycles. The Balaban J connectivity index is 1.50. The van der Waals surface area contributed by atoms with Crippen molar-refractivity contribution in [1.82, 2.24) is 25.0 Å². The van der Waals surface area contributed by atoms with Crippen molar-refractivity contribution in [2.75, 3.05) is 0 Å². The normalized spacial score (nSPS) is 12.9. The summed E-state index contributed by atoms with van der Waals surface area (Å²) in [5, 5.41) is 8.64. The summed E-state index contributed by atoms with van der Waals surface area (Å²) in [5.74, 6) is 0. The van der Waals surface area contributed by atoms with Crippen molar-refractivity contribution in [2.24, 2.45) is 0 Å². The second-order valence-electron chi connectivity index (χ2n) is 8.23.